The van der Waals surface area contributed by atoms with Gasteiger partial charge >= 0.3 is 0 Å². The summed E-state index contributed by atoms with van der Waals surface area (Å²) in [7, 11) is -0.702. The van der Waals surface area contributed by atoms with E-state index >= 15 is 0 Å². The highest BCUT2D eigenvalue weighted by molar-refractivity contribution is 7.85. The van der Waals surface area contributed by atoms with Gasteiger partial charge in [0.1, 0.15) is 0 Å². The Labute approximate surface area is 95.9 Å². The highest BCUT2D eigenvalue weighted by atomic mass is 32.2. The predicted octanol–water partition coefficient (Wildman–Crippen LogP) is 0.958. The van der Waals surface area contributed by atoms with Crippen LogP contribution in [0.2, 0.25) is 0 Å². The molecular formula is C11H24N2OS. The SMILES string of the molecule is CCC(N)CS(=O)CCCN1CCCC1. The van der Waals surface area contributed by atoms with Gasteiger partial charge in [-0.1, -0.05) is 6.92 Å². The number of hydrogen-bond donors (Lipinski definition) is 1. The summed E-state index contributed by atoms with van der Waals surface area (Å²) in [6.45, 7) is 5.64. The average molecular weight is 232 g/mol. The van der Waals surface area contributed by atoms with E-state index in [0.717, 1.165) is 25.1 Å². The molecule has 0 amide bonds. The van der Waals surface area contributed by atoms with Crippen LogP contribution < -0.4 is 5.73 Å². The Morgan fingerprint density at radius 3 is 2.67 bits per heavy atom. The zero-order chi connectivity index (χ0) is 11.1. The molecule has 0 aromatic heterocycles. The summed E-state index contributed by atoms with van der Waals surface area (Å²) in [5.74, 6) is 1.50. The predicted molar refractivity (Wildman–Crippen MR) is 66.4 cm³/mol. The van der Waals surface area contributed by atoms with Crippen molar-refractivity contribution >= 4 is 10.8 Å². The van der Waals surface area contributed by atoms with Gasteiger partial charge in [0.15, 0.2) is 0 Å². The Balaban J connectivity index is 2.01. The van der Waals surface area contributed by atoms with E-state index in [1.54, 1.807) is 0 Å². The molecule has 0 radical (unpaired) electrons. The summed E-state index contributed by atoms with van der Waals surface area (Å²) in [4.78, 5) is 2.47. The number of rotatable bonds is 7. The first kappa shape index (κ1) is 13.1. The van der Waals surface area contributed by atoms with Crippen LogP contribution in [-0.4, -0.2) is 46.3 Å². The summed E-state index contributed by atoms with van der Waals surface area (Å²) < 4.78 is 11.6. The molecule has 0 saturated carbocycles. The second-order valence-electron chi connectivity index (χ2n) is 4.38. The minimum absolute atomic E-state index is 0.123. The van der Waals surface area contributed by atoms with Gasteiger partial charge in [-0.05, 0) is 45.3 Å². The molecule has 2 unspecified atom stereocenters. The molecular weight excluding hydrogens is 208 g/mol. The number of nitrogens with zero attached hydrogens (tertiary/aromatic N) is 1. The highest BCUT2D eigenvalue weighted by Crippen LogP contribution is 2.07. The number of likely N-dealkylation sites (tertiary alicyclic amines) is 1. The minimum atomic E-state index is -0.702. The topological polar surface area (TPSA) is 46.3 Å². The van der Waals surface area contributed by atoms with E-state index in [9.17, 15) is 4.21 Å². The molecule has 1 aliphatic rings. The molecule has 1 rings (SSSR count). The summed E-state index contributed by atoms with van der Waals surface area (Å²) in [5.41, 5.74) is 5.76. The molecule has 0 aliphatic carbocycles. The van der Waals surface area contributed by atoms with E-state index in [1.165, 1.54) is 25.9 Å². The first-order valence-corrected chi connectivity index (χ1v) is 7.54. The van der Waals surface area contributed by atoms with Gasteiger partial charge in [-0.2, -0.15) is 0 Å². The second kappa shape index (κ2) is 7.36. The third-order valence-corrected chi connectivity index (χ3v) is 4.51. The van der Waals surface area contributed by atoms with Crippen LogP contribution in [0.4, 0.5) is 0 Å². The minimum Gasteiger partial charge on any atom is -0.327 e. The van der Waals surface area contributed by atoms with Crippen molar-refractivity contribution in [2.75, 3.05) is 31.1 Å². The quantitative estimate of drug-likeness (QED) is 0.711. The monoisotopic (exact) mass is 232 g/mol. The normalized spacial score (nSPS) is 21.7. The van der Waals surface area contributed by atoms with Crippen LogP contribution >= 0.6 is 0 Å². The van der Waals surface area contributed by atoms with Crippen molar-refractivity contribution in [3.05, 3.63) is 0 Å². The fourth-order valence-corrected chi connectivity index (χ4v) is 3.23. The van der Waals surface area contributed by atoms with Gasteiger partial charge in [0.05, 0.1) is 0 Å². The Morgan fingerprint density at radius 1 is 1.40 bits per heavy atom. The van der Waals surface area contributed by atoms with Gasteiger partial charge in [-0.25, -0.2) is 0 Å². The maximum absolute atomic E-state index is 11.6. The van der Waals surface area contributed by atoms with Gasteiger partial charge in [-0.3, -0.25) is 4.21 Å². The lowest BCUT2D eigenvalue weighted by Gasteiger charge is -2.14. The van der Waals surface area contributed by atoms with E-state index < -0.39 is 10.8 Å². The van der Waals surface area contributed by atoms with Gasteiger partial charge in [0, 0.05) is 28.3 Å². The lowest BCUT2D eigenvalue weighted by atomic mass is 10.3. The summed E-state index contributed by atoms with van der Waals surface area (Å²) in [6.07, 6.45) is 4.66. The molecule has 0 spiro atoms. The summed E-state index contributed by atoms with van der Waals surface area (Å²) in [6, 6.07) is 0.123. The fourth-order valence-electron chi connectivity index (χ4n) is 1.90. The molecule has 0 aromatic rings. The van der Waals surface area contributed by atoms with Crippen molar-refractivity contribution in [3.8, 4) is 0 Å². The Kier molecular flexibility index (Phi) is 6.45. The smallest absolute Gasteiger partial charge is 0.0386 e. The standard InChI is InChI=1S/C11H24N2OS/c1-2-11(12)10-15(14)9-5-8-13-6-3-4-7-13/h11H,2-10,12H2,1H3. The molecule has 1 heterocycles. The largest absolute Gasteiger partial charge is 0.327 e. The summed E-state index contributed by atoms with van der Waals surface area (Å²) in [5, 5.41) is 0. The van der Waals surface area contributed by atoms with Crippen molar-refractivity contribution in [1.29, 1.82) is 0 Å². The first-order chi connectivity index (χ1) is 7.22. The third-order valence-electron chi connectivity index (χ3n) is 2.97. The number of nitrogens with two attached hydrogens (primary N) is 1. The molecule has 15 heavy (non-hydrogen) atoms. The van der Waals surface area contributed by atoms with E-state index in [-0.39, 0.29) is 6.04 Å². The summed E-state index contributed by atoms with van der Waals surface area (Å²) >= 11 is 0. The van der Waals surface area contributed by atoms with Crippen LogP contribution in [0.25, 0.3) is 0 Å². The Hall–Kier alpha value is 0.0700. The Morgan fingerprint density at radius 2 is 2.07 bits per heavy atom. The molecule has 90 valence electrons. The van der Waals surface area contributed by atoms with Crippen LogP contribution in [0.5, 0.6) is 0 Å². The fraction of sp³-hybridized carbons (Fsp3) is 1.00. The number of hydrogen-bond acceptors (Lipinski definition) is 3. The molecule has 1 aliphatic heterocycles. The molecule has 3 nitrogen and oxygen atoms in total. The van der Waals surface area contributed by atoms with Crippen LogP contribution in [0, 0.1) is 0 Å². The molecule has 1 saturated heterocycles. The van der Waals surface area contributed by atoms with Crippen LogP contribution in [0.1, 0.15) is 32.6 Å². The van der Waals surface area contributed by atoms with Crippen LogP contribution in [-0.2, 0) is 10.8 Å². The van der Waals surface area contributed by atoms with Gasteiger partial charge in [0.25, 0.3) is 0 Å². The van der Waals surface area contributed by atoms with E-state index in [0.29, 0.717) is 5.75 Å². The van der Waals surface area contributed by atoms with Crippen molar-refractivity contribution in [2.24, 2.45) is 5.73 Å². The zero-order valence-electron chi connectivity index (χ0n) is 9.78. The van der Waals surface area contributed by atoms with Crippen LogP contribution in [0.3, 0.4) is 0 Å². The molecule has 0 aromatic carbocycles. The van der Waals surface area contributed by atoms with Crippen molar-refractivity contribution in [3.63, 3.8) is 0 Å². The zero-order valence-corrected chi connectivity index (χ0v) is 10.6. The maximum atomic E-state index is 11.6. The first-order valence-electron chi connectivity index (χ1n) is 6.05. The van der Waals surface area contributed by atoms with E-state index in [4.69, 9.17) is 5.73 Å². The Bertz CT molecular complexity index is 193. The van der Waals surface area contributed by atoms with Crippen molar-refractivity contribution in [1.82, 2.24) is 4.90 Å². The lowest BCUT2D eigenvalue weighted by Crippen LogP contribution is -2.28. The molecule has 1 fully saturated rings. The van der Waals surface area contributed by atoms with Gasteiger partial charge in [-0.15, -0.1) is 0 Å². The van der Waals surface area contributed by atoms with Gasteiger partial charge in [0.2, 0.25) is 0 Å². The van der Waals surface area contributed by atoms with Crippen molar-refractivity contribution in [2.45, 2.75) is 38.6 Å². The lowest BCUT2D eigenvalue weighted by molar-refractivity contribution is 0.340. The third kappa shape index (κ3) is 5.64. The average Bonchev–Trinajstić information content (AvgIpc) is 2.70. The van der Waals surface area contributed by atoms with E-state index in [2.05, 4.69) is 4.90 Å². The molecule has 4 heteroatoms. The van der Waals surface area contributed by atoms with E-state index in [1.807, 2.05) is 6.92 Å². The highest BCUT2D eigenvalue weighted by Gasteiger charge is 2.11. The second-order valence-corrected chi connectivity index (χ2v) is 6.00. The molecule has 2 atom stereocenters. The molecule has 0 bridgehead atoms. The maximum Gasteiger partial charge on any atom is 0.0386 e. The van der Waals surface area contributed by atoms with Crippen LogP contribution in [0.15, 0.2) is 0 Å². The van der Waals surface area contributed by atoms with Gasteiger partial charge < -0.3 is 10.6 Å². The van der Waals surface area contributed by atoms with Crippen molar-refractivity contribution < 1.29 is 4.21 Å². The molecule has 2 N–H and O–H groups in total.